The highest BCUT2D eigenvalue weighted by Gasteiger charge is 2.36. The first kappa shape index (κ1) is 16.1. The molecule has 1 N–H and O–H groups in total. The van der Waals surface area contributed by atoms with Crippen LogP contribution in [-0.4, -0.2) is 18.9 Å². The van der Waals surface area contributed by atoms with E-state index in [2.05, 4.69) is 17.4 Å². The Morgan fingerprint density at radius 3 is 1.73 bits per heavy atom. The molecular weight excluding hydrogens is 324 g/mol. The van der Waals surface area contributed by atoms with Gasteiger partial charge in [-0.15, -0.1) is 0 Å². The molecule has 128 valence electrons. The lowest BCUT2D eigenvalue weighted by molar-refractivity contribution is 0.0926. The number of carbonyl (C=O) groups is 2. The summed E-state index contributed by atoms with van der Waals surface area (Å²) in [6.45, 7) is 0. The summed E-state index contributed by atoms with van der Waals surface area (Å²) < 4.78 is 0. The Morgan fingerprint density at radius 2 is 1.23 bits per heavy atom. The molecule has 4 rings (SSSR count). The Morgan fingerprint density at radius 1 is 0.731 bits per heavy atom. The number of fused-ring (bicyclic) bond motifs is 1. The molecule has 0 aromatic heterocycles. The molecule has 0 unspecified atom stereocenters. The van der Waals surface area contributed by atoms with Crippen LogP contribution in [0.3, 0.4) is 0 Å². The van der Waals surface area contributed by atoms with Crippen LogP contribution in [0.5, 0.6) is 0 Å². The van der Waals surface area contributed by atoms with E-state index in [4.69, 9.17) is 0 Å². The zero-order chi connectivity index (χ0) is 18.1. The normalized spacial score (nSPS) is 13.0. The topological polar surface area (TPSA) is 49.4 Å². The first-order chi connectivity index (χ1) is 12.7. The van der Waals surface area contributed by atoms with Gasteiger partial charge in [-0.25, -0.2) is 4.90 Å². The Hall–Kier alpha value is -3.40. The molecule has 0 radical (unpaired) electrons. The van der Waals surface area contributed by atoms with Crippen LogP contribution in [0, 0.1) is 0 Å². The van der Waals surface area contributed by atoms with E-state index in [1.165, 1.54) is 10.5 Å². The van der Waals surface area contributed by atoms with Gasteiger partial charge in [-0.3, -0.25) is 9.59 Å². The van der Waals surface area contributed by atoms with Gasteiger partial charge in [0.2, 0.25) is 0 Å². The molecular formula is C22H18N2O2. The van der Waals surface area contributed by atoms with E-state index in [0.29, 0.717) is 16.8 Å². The first-order valence-electron chi connectivity index (χ1n) is 8.51. The van der Waals surface area contributed by atoms with E-state index in [0.717, 1.165) is 17.7 Å². The largest absolute Gasteiger partial charge is 0.388 e. The van der Waals surface area contributed by atoms with Crippen molar-refractivity contribution in [3.63, 3.8) is 0 Å². The number of rotatable bonds is 4. The molecule has 0 atom stereocenters. The third-order valence-electron chi connectivity index (χ3n) is 4.64. The van der Waals surface area contributed by atoms with Crippen LogP contribution in [0.4, 0.5) is 11.4 Å². The fourth-order valence-corrected chi connectivity index (χ4v) is 3.21. The molecule has 1 aliphatic rings. The van der Waals surface area contributed by atoms with Crippen molar-refractivity contribution >= 4 is 23.2 Å². The van der Waals surface area contributed by atoms with Crippen molar-refractivity contribution in [1.29, 1.82) is 0 Å². The van der Waals surface area contributed by atoms with Gasteiger partial charge in [-0.1, -0.05) is 36.4 Å². The summed E-state index contributed by atoms with van der Waals surface area (Å²) in [4.78, 5) is 26.3. The van der Waals surface area contributed by atoms with Gasteiger partial charge >= 0.3 is 0 Å². The standard InChI is InChI=1S/C22H18N2O2/c1-23-17-10-6-15(7-11-17)14-16-8-12-18(13-9-16)24-21(25)19-4-2-3-5-20(19)22(24)26/h2-13,23H,14H2,1H3. The molecule has 0 aliphatic carbocycles. The number of hydrogen-bond acceptors (Lipinski definition) is 3. The van der Waals surface area contributed by atoms with Crippen LogP contribution in [0.2, 0.25) is 0 Å². The van der Waals surface area contributed by atoms with Gasteiger partial charge in [-0.2, -0.15) is 0 Å². The third kappa shape index (κ3) is 2.75. The average molecular weight is 342 g/mol. The number of nitrogens with zero attached hydrogens (tertiary/aromatic N) is 1. The zero-order valence-corrected chi connectivity index (χ0v) is 14.4. The van der Waals surface area contributed by atoms with Crippen LogP contribution in [-0.2, 0) is 6.42 Å². The van der Waals surface area contributed by atoms with E-state index < -0.39 is 0 Å². The van der Waals surface area contributed by atoms with Crippen molar-refractivity contribution in [2.24, 2.45) is 0 Å². The minimum Gasteiger partial charge on any atom is -0.388 e. The third-order valence-corrected chi connectivity index (χ3v) is 4.64. The number of benzene rings is 3. The molecule has 4 nitrogen and oxygen atoms in total. The predicted octanol–water partition coefficient (Wildman–Crippen LogP) is 4.12. The summed E-state index contributed by atoms with van der Waals surface area (Å²) in [7, 11) is 1.90. The van der Waals surface area contributed by atoms with Crippen molar-refractivity contribution in [2.45, 2.75) is 6.42 Å². The number of nitrogens with one attached hydrogen (secondary N) is 1. The fraction of sp³-hybridized carbons (Fsp3) is 0.0909. The van der Waals surface area contributed by atoms with Crippen molar-refractivity contribution in [3.05, 3.63) is 95.1 Å². The number of anilines is 2. The van der Waals surface area contributed by atoms with Gasteiger partial charge < -0.3 is 5.32 Å². The molecule has 1 aliphatic heterocycles. The number of carbonyl (C=O) groups excluding carboxylic acids is 2. The van der Waals surface area contributed by atoms with Gasteiger partial charge in [0.1, 0.15) is 0 Å². The molecule has 0 saturated heterocycles. The van der Waals surface area contributed by atoms with Crippen molar-refractivity contribution in [3.8, 4) is 0 Å². The number of amides is 2. The summed E-state index contributed by atoms with van der Waals surface area (Å²) in [6, 6.07) is 22.8. The van der Waals surface area contributed by atoms with Crippen LogP contribution in [0.1, 0.15) is 31.8 Å². The van der Waals surface area contributed by atoms with E-state index in [1.54, 1.807) is 24.3 Å². The lowest BCUT2D eigenvalue weighted by Crippen LogP contribution is -2.29. The van der Waals surface area contributed by atoms with Gasteiger partial charge in [0, 0.05) is 12.7 Å². The molecule has 26 heavy (non-hydrogen) atoms. The SMILES string of the molecule is CNc1ccc(Cc2ccc(N3C(=O)c4ccccc4C3=O)cc2)cc1. The Labute approximate surface area is 152 Å². The Kier molecular flexibility index (Phi) is 4.01. The maximum absolute atomic E-state index is 12.5. The Balaban J connectivity index is 1.55. The lowest BCUT2D eigenvalue weighted by Gasteiger charge is -2.14. The summed E-state index contributed by atoms with van der Waals surface area (Å²) >= 11 is 0. The highest BCUT2D eigenvalue weighted by molar-refractivity contribution is 6.34. The van der Waals surface area contributed by atoms with Crippen LogP contribution in [0.25, 0.3) is 0 Å². The van der Waals surface area contributed by atoms with Crippen molar-refractivity contribution in [1.82, 2.24) is 0 Å². The van der Waals surface area contributed by atoms with Gasteiger partial charge in [0.15, 0.2) is 0 Å². The average Bonchev–Trinajstić information content (AvgIpc) is 2.94. The Bertz CT molecular complexity index is 941. The second-order valence-electron chi connectivity index (χ2n) is 6.28. The van der Waals surface area contributed by atoms with Crippen LogP contribution < -0.4 is 10.2 Å². The minimum atomic E-state index is -0.263. The molecule has 3 aromatic carbocycles. The maximum Gasteiger partial charge on any atom is 0.266 e. The molecule has 0 fully saturated rings. The summed E-state index contributed by atoms with van der Waals surface area (Å²) in [5.74, 6) is -0.526. The lowest BCUT2D eigenvalue weighted by atomic mass is 10.0. The minimum absolute atomic E-state index is 0.263. The zero-order valence-electron chi connectivity index (χ0n) is 14.4. The number of hydrogen-bond donors (Lipinski definition) is 1. The molecule has 0 bridgehead atoms. The van der Waals surface area contributed by atoms with Crippen LogP contribution >= 0.6 is 0 Å². The summed E-state index contributed by atoms with van der Waals surface area (Å²) in [5, 5.41) is 3.10. The summed E-state index contributed by atoms with van der Waals surface area (Å²) in [5.41, 5.74) is 4.94. The molecule has 2 amide bonds. The van der Waals surface area contributed by atoms with Crippen molar-refractivity contribution in [2.75, 3.05) is 17.3 Å². The van der Waals surface area contributed by atoms with E-state index in [1.807, 2.05) is 43.4 Å². The smallest absolute Gasteiger partial charge is 0.266 e. The monoisotopic (exact) mass is 342 g/mol. The van der Waals surface area contributed by atoms with Gasteiger partial charge in [0.25, 0.3) is 11.8 Å². The van der Waals surface area contributed by atoms with E-state index in [9.17, 15) is 9.59 Å². The van der Waals surface area contributed by atoms with Crippen LogP contribution in [0.15, 0.2) is 72.8 Å². The fourth-order valence-electron chi connectivity index (χ4n) is 3.21. The molecule has 0 saturated carbocycles. The van der Waals surface area contributed by atoms with Gasteiger partial charge in [0.05, 0.1) is 16.8 Å². The molecule has 3 aromatic rings. The predicted molar refractivity (Wildman–Crippen MR) is 103 cm³/mol. The van der Waals surface area contributed by atoms with Crippen molar-refractivity contribution < 1.29 is 9.59 Å². The van der Waals surface area contributed by atoms with E-state index >= 15 is 0 Å². The maximum atomic E-state index is 12.5. The highest BCUT2D eigenvalue weighted by atomic mass is 16.2. The first-order valence-corrected chi connectivity index (χ1v) is 8.51. The molecule has 0 spiro atoms. The molecule has 1 heterocycles. The second kappa shape index (κ2) is 6.48. The van der Waals surface area contributed by atoms with Gasteiger partial charge in [-0.05, 0) is 53.9 Å². The van der Waals surface area contributed by atoms with E-state index in [-0.39, 0.29) is 11.8 Å². The number of imide groups is 1. The summed E-state index contributed by atoms with van der Waals surface area (Å²) in [6.07, 6.45) is 0.798. The quantitative estimate of drug-likeness (QED) is 0.726. The highest BCUT2D eigenvalue weighted by Crippen LogP contribution is 2.28. The second-order valence-corrected chi connectivity index (χ2v) is 6.28. The molecule has 4 heteroatoms.